The fraction of sp³-hybridized carbons (Fsp3) is 0.350. The molecule has 3 rings (SSSR count). The van der Waals surface area contributed by atoms with E-state index >= 15 is 0 Å². The molecule has 1 saturated heterocycles. The fourth-order valence-electron chi connectivity index (χ4n) is 2.98. The van der Waals surface area contributed by atoms with E-state index in [9.17, 15) is 9.18 Å². The number of benzene rings is 2. The van der Waals surface area contributed by atoms with E-state index in [2.05, 4.69) is 17.4 Å². The Hall–Kier alpha value is -1.56. The summed E-state index contributed by atoms with van der Waals surface area (Å²) in [7, 11) is 0. The molecular formula is C20H21ClFNO2S. The fourth-order valence-corrected chi connectivity index (χ4v) is 4.52. The molecule has 3 nitrogen and oxygen atoms in total. The highest BCUT2D eigenvalue weighted by molar-refractivity contribution is 8.00. The molecule has 0 atom stereocenters. The third kappa shape index (κ3) is 5.00. The average Bonchev–Trinajstić information content (AvgIpc) is 2.65. The Morgan fingerprint density at radius 1 is 1.15 bits per heavy atom. The number of carbonyl (C=O) groups excluding carboxylic acids is 1. The van der Waals surface area contributed by atoms with Crippen molar-refractivity contribution in [1.82, 2.24) is 5.32 Å². The number of ether oxygens (including phenoxy) is 1. The van der Waals surface area contributed by atoms with Crippen molar-refractivity contribution in [3.63, 3.8) is 0 Å². The summed E-state index contributed by atoms with van der Waals surface area (Å²) in [5.41, 5.74) is 0.239. The van der Waals surface area contributed by atoms with Crippen LogP contribution in [0.4, 0.5) is 4.39 Å². The topological polar surface area (TPSA) is 38.3 Å². The first kappa shape index (κ1) is 19.2. The second-order valence-electron chi connectivity index (χ2n) is 6.36. The van der Waals surface area contributed by atoms with Gasteiger partial charge in [-0.25, -0.2) is 4.39 Å². The smallest absolute Gasteiger partial charge is 0.224 e. The lowest BCUT2D eigenvalue weighted by Gasteiger charge is -2.36. The van der Waals surface area contributed by atoms with Gasteiger partial charge in [-0.15, -0.1) is 11.8 Å². The standard InChI is InChI=1S/C20H21ClFNO2S/c21-17-7-4-8-18(22)16(17)13-19(24)23-14-20(9-11-25-12-10-20)26-15-5-2-1-3-6-15/h1-8H,9-14H2,(H,23,24). The molecule has 0 spiro atoms. The molecule has 6 heteroatoms. The summed E-state index contributed by atoms with van der Waals surface area (Å²) < 4.78 is 19.3. The minimum atomic E-state index is -0.452. The van der Waals surface area contributed by atoms with Crippen LogP contribution in [0, 0.1) is 5.82 Å². The van der Waals surface area contributed by atoms with Crippen LogP contribution in [0.25, 0.3) is 0 Å². The van der Waals surface area contributed by atoms with Gasteiger partial charge in [-0.2, -0.15) is 0 Å². The van der Waals surface area contributed by atoms with E-state index < -0.39 is 5.82 Å². The summed E-state index contributed by atoms with van der Waals surface area (Å²) in [4.78, 5) is 13.5. The zero-order valence-electron chi connectivity index (χ0n) is 14.3. The number of rotatable bonds is 6. The van der Waals surface area contributed by atoms with Crippen molar-refractivity contribution in [2.24, 2.45) is 0 Å². The Kier molecular flexibility index (Phi) is 6.57. The molecule has 0 radical (unpaired) electrons. The molecular weight excluding hydrogens is 373 g/mol. The highest BCUT2D eigenvalue weighted by Gasteiger charge is 2.34. The number of amides is 1. The number of carbonyl (C=O) groups is 1. The second-order valence-corrected chi connectivity index (χ2v) is 8.31. The van der Waals surface area contributed by atoms with Crippen molar-refractivity contribution in [1.29, 1.82) is 0 Å². The van der Waals surface area contributed by atoms with Crippen LogP contribution in [0.15, 0.2) is 53.4 Å². The monoisotopic (exact) mass is 393 g/mol. The zero-order chi connectivity index (χ0) is 18.4. The Morgan fingerprint density at radius 2 is 1.88 bits per heavy atom. The summed E-state index contributed by atoms with van der Waals surface area (Å²) in [6, 6.07) is 14.6. The summed E-state index contributed by atoms with van der Waals surface area (Å²) in [5.74, 6) is -0.677. The molecule has 1 fully saturated rings. The van der Waals surface area contributed by atoms with E-state index in [-0.39, 0.29) is 27.7 Å². The van der Waals surface area contributed by atoms with Gasteiger partial charge in [0.05, 0.1) is 6.42 Å². The highest BCUT2D eigenvalue weighted by atomic mass is 35.5. The third-order valence-corrected chi connectivity index (χ3v) is 6.34. The number of thioether (sulfide) groups is 1. The molecule has 1 N–H and O–H groups in total. The van der Waals surface area contributed by atoms with E-state index in [1.54, 1.807) is 17.8 Å². The number of nitrogens with one attached hydrogen (secondary N) is 1. The Balaban J connectivity index is 1.65. The molecule has 0 bridgehead atoms. The summed E-state index contributed by atoms with van der Waals surface area (Å²) in [6.45, 7) is 1.87. The minimum Gasteiger partial charge on any atom is -0.381 e. The Morgan fingerprint density at radius 3 is 2.58 bits per heavy atom. The van der Waals surface area contributed by atoms with Crippen molar-refractivity contribution in [3.8, 4) is 0 Å². The summed E-state index contributed by atoms with van der Waals surface area (Å²) in [5, 5.41) is 3.25. The quantitative estimate of drug-likeness (QED) is 0.786. The van der Waals surface area contributed by atoms with Crippen LogP contribution < -0.4 is 5.32 Å². The predicted molar refractivity (Wildman–Crippen MR) is 103 cm³/mol. The van der Waals surface area contributed by atoms with Crippen LogP contribution in [0.1, 0.15) is 18.4 Å². The van der Waals surface area contributed by atoms with E-state index in [0.717, 1.165) is 12.8 Å². The van der Waals surface area contributed by atoms with Gasteiger partial charge in [0.25, 0.3) is 0 Å². The molecule has 1 amide bonds. The summed E-state index contributed by atoms with van der Waals surface area (Å²) in [6.07, 6.45) is 1.65. The lowest BCUT2D eigenvalue weighted by molar-refractivity contribution is -0.120. The lowest BCUT2D eigenvalue weighted by atomic mass is 9.99. The molecule has 1 heterocycles. The maximum atomic E-state index is 13.9. The molecule has 26 heavy (non-hydrogen) atoms. The van der Waals surface area contributed by atoms with Gasteiger partial charge in [0.2, 0.25) is 5.91 Å². The van der Waals surface area contributed by atoms with Crippen molar-refractivity contribution >= 4 is 29.3 Å². The molecule has 0 aliphatic carbocycles. The average molecular weight is 394 g/mol. The number of hydrogen-bond acceptors (Lipinski definition) is 3. The SMILES string of the molecule is O=C(Cc1c(F)cccc1Cl)NCC1(Sc2ccccc2)CCOCC1. The van der Waals surface area contributed by atoms with Gasteiger partial charge >= 0.3 is 0 Å². The van der Waals surface area contributed by atoms with Gasteiger partial charge in [0, 0.05) is 40.0 Å². The van der Waals surface area contributed by atoms with E-state index in [1.165, 1.54) is 17.0 Å². The van der Waals surface area contributed by atoms with Crippen LogP contribution in [0.2, 0.25) is 5.02 Å². The molecule has 138 valence electrons. The molecule has 2 aromatic carbocycles. The van der Waals surface area contributed by atoms with Crippen LogP contribution in [0.5, 0.6) is 0 Å². The van der Waals surface area contributed by atoms with Gasteiger partial charge in [-0.05, 0) is 37.1 Å². The Bertz CT molecular complexity index is 730. The van der Waals surface area contributed by atoms with Crippen LogP contribution in [-0.2, 0) is 16.0 Å². The molecule has 1 aliphatic heterocycles. The van der Waals surface area contributed by atoms with Gasteiger partial charge in [0.1, 0.15) is 5.82 Å². The van der Waals surface area contributed by atoms with Gasteiger partial charge in [-0.1, -0.05) is 35.9 Å². The zero-order valence-corrected chi connectivity index (χ0v) is 15.9. The molecule has 0 saturated carbocycles. The molecule has 2 aromatic rings. The van der Waals surface area contributed by atoms with Crippen LogP contribution >= 0.6 is 23.4 Å². The van der Waals surface area contributed by atoms with E-state index in [4.69, 9.17) is 16.3 Å². The highest BCUT2D eigenvalue weighted by Crippen LogP contribution is 2.40. The van der Waals surface area contributed by atoms with Crippen molar-refractivity contribution in [2.45, 2.75) is 28.9 Å². The predicted octanol–water partition coefficient (Wildman–Crippen LogP) is 4.48. The van der Waals surface area contributed by atoms with E-state index in [0.29, 0.717) is 19.8 Å². The Labute approximate surface area is 162 Å². The van der Waals surface area contributed by atoms with Gasteiger partial charge < -0.3 is 10.1 Å². The van der Waals surface area contributed by atoms with Crippen molar-refractivity contribution in [2.75, 3.05) is 19.8 Å². The van der Waals surface area contributed by atoms with Crippen molar-refractivity contribution in [3.05, 3.63) is 64.9 Å². The number of halogens is 2. The van der Waals surface area contributed by atoms with Gasteiger partial charge in [-0.3, -0.25) is 4.79 Å². The molecule has 1 aliphatic rings. The molecule has 0 aromatic heterocycles. The maximum Gasteiger partial charge on any atom is 0.224 e. The lowest BCUT2D eigenvalue weighted by Crippen LogP contribution is -2.44. The van der Waals surface area contributed by atoms with Crippen LogP contribution in [-0.4, -0.2) is 30.4 Å². The van der Waals surface area contributed by atoms with Crippen molar-refractivity contribution < 1.29 is 13.9 Å². The first-order valence-corrected chi connectivity index (χ1v) is 9.79. The largest absolute Gasteiger partial charge is 0.381 e. The number of hydrogen-bond donors (Lipinski definition) is 1. The second kappa shape index (κ2) is 8.89. The summed E-state index contributed by atoms with van der Waals surface area (Å²) >= 11 is 7.79. The molecule has 0 unspecified atom stereocenters. The van der Waals surface area contributed by atoms with Gasteiger partial charge in [0.15, 0.2) is 0 Å². The van der Waals surface area contributed by atoms with Crippen LogP contribution in [0.3, 0.4) is 0 Å². The third-order valence-electron chi connectivity index (χ3n) is 4.49. The normalized spacial score (nSPS) is 16.2. The first-order valence-electron chi connectivity index (χ1n) is 8.59. The first-order chi connectivity index (χ1) is 12.6. The van der Waals surface area contributed by atoms with E-state index in [1.807, 2.05) is 18.2 Å². The minimum absolute atomic E-state index is 0.0614. The maximum absolute atomic E-state index is 13.9.